The fraction of sp³-hybridized carbons (Fsp3) is 0. The van der Waals surface area contributed by atoms with Gasteiger partial charge in [-0.15, -0.1) is 11.3 Å². The van der Waals surface area contributed by atoms with Crippen LogP contribution in [0.25, 0.3) is 0 Å². The van der Waals surface area contributed by atoms with E-state index in [0.29, 0.717) is 20.5 Å². The Bertz CT molecular complexity index is 551. The van der Waals surface area contributed by atoms with E-state index < -0.39 is 0 Å². The molecule has 0 atom stereocenters. The molecular formula is C11H5BrCl2OS. The van der Waals surface area contributed by atoms with Gasteiger partial charge in [0.15, 0.2) is 0 Å². The van der Waals surface area contributed by atoms with E-state index in [0.717, 1.165) is 3.79 Å². The first kappa shape index (κ1) is 12.1. The molecule has 0 aliphatic rings. The van der Waals surface area contributed by atoms with Gasteiger partial charge in [0.25, 0.3) is 0 Å². The highest BCUT2D eigenvalue weighted by atomic mass is 79.9. The molecule has 1 aromatic carbocycles. The third kappa shape index (κ3) is 2.48. The van der Waals surface area contributed by atoms with Gasteiger partial charge in [0.1, 0.15) is 0 Å². The van der Waals surface area contributed by atoms with Crippen LogP contribution in [0.1, 0.15) is 15.2 Å². The maximum absolute atomic E-state index is 12.0. The largest absolute Gasteiger partial charge is 0.288 e. The van der Waals surface area contributed by atoms with Gasteiger partial charge in [0.05, 0.1) is 18.7 Å². The van der Waals surface area contributed by atoms with Crippen LogP contribution in [0.5, 0.6) is 0 Å². The first-order chi connectivity index (χ1) is 7.58. The van der Waals surface area contributed by atoms with Crippen LogP contribution in [0.2, 0.25) is 10.0 Å². The number of halogens is 3. The lowest BCUT2D eigenvalue weighted by molar-refractivity contribution is 0.104. The SMILES string of the molecule is O=C(c1ccc(Cl)c(Cl)c1)c1ccc(Br)s1. The molecule has 0 spiro atoms. The van der Waals surface area contributed by atoms with Crippen molar-refractivity contribution < 1.29 is 4.79 Å². The Kier molecular flexibility index (Phi) is 3.70. The number of thiophene rings is 1. The molecule has 82 valence electrons. The fourth-order valence-corrected chi connectivity index (χ4v) is 2.86. The normalized spacial score (nSPS) is 10.4. The molecule has 0 saturated carbocycles. The number of hydrogen-bond donors (Lipinski definition) is 0. The highest BCUT2D eigenvalue weighted by Gasteiger charge is 2.12. The van der Waals surface area contributed by atoms with Gasteiger partial charge in [0, 0.05) is 5.56 Å². The Morgan fingerprint density at radius 1 is 1.12 bits per heavy atom. The van der Waals surface area contributed by atoms with Crippen molar-refractivity contribution in [3.63, 3.8) is 0 Å². The second-order valence-corrected chi connectivity index (χ2v) is 6.34. The summed E-state index contributed by atoms with van der Waals surface area (Å²) in [6.45, 7) is 0. The van der Waals surface area contributed by atoms with E-state index >= 15 is 0 Å². The molecule has 16 heavy (non-hydrogen) atoms. The lowest BCUT2D eigenvalue weighted by Gasteiger charge is -2.00. The summed E-state index contributed by atoms with van der Waals surface area (Å²) in [5.41, 5.74) is 0.545. The molecule has 5 heteroatoms. The van der Waals surface area contributed by atoms with Gasteiger partial charge in [-0.25, -0.2) is 0 Å². The van der Waals surface area contributed by atoms with Gasteiger partial charge in [-0.3, -0.25) is 4.79 Å². The summed E-state index contributed by atoms with van der Waals surface area (Å²) >= 11 is 16.4. The van der Waals surface area contributed by atoms with Crippen molar-refractivity contribution in [2.24, 2.45) is 0 Å². The van der Waals surface area contributed by atoms with E-state index in [1.807, 2.05) is 6.07 Å². The second kappa shape index (κ2) is 4.88. The molecule has 0 N–H and O–H groups in total. The minimum absolute atomic E-state index is 0.0470. The molecule has 2 aromatic rings. The minimum atomic E-state index is -0.0470. The highest BCUT2D eigenvalue weighted by molar-refractivity contribution is 9.11. The van der Waals surface area contributed by atoms with Crippen molar-refractivity contribution in [3.05, 3.63) is 54.6 Å². The van der Waals surface area contributed by atoms with Gasteiger partial charge in [-0.2, -0.15) is 0 Å². The number of benzene rings is 1. The van der Waals surface area contributed by atoms with Crippen LogP contribution in [0, 0.1) is 0 Å². The van der Waals surface area contributed by atoms with Crippen LogP contribution in [-0.2, 0) is 0 Å². The summed E-state index contributed by atoms with van der Waals surface area (Å²) in [7, 11) is 0. The Hall–Kier alpha value is -0.350. The van der Waals surface area contributed by atoms with Gasteiger partial charge >= 0.3 is 0 Å². The zero-order valence-corrected chi connectivity index (χ0v) is 11.8. The van der Waals surface area contributed by atoms with Crippen molar-refractivity contribution in [1.29, 1.82) is 0 Å². The van der Waals surface area contributed by atoms with Crippen molar-refractivity contribution in [3.8, 4) is 0 Å². The summed E-state index contributed by atoms with van der Waals surface area (Å²) in [6.07, 6.45) is 0. The lowest BCUT2D eigenvalue weighted by atomic mass is 10.1. The van der Waals surface area contributed by atoms with Crippen LogP contribution in [0.15, 0.2) is 34.1 Å². The minimum Gasteiger partial charge on any atom is -0.288 e. The van der Waals surface area contributed by atoms with Crippen molar-refractivity contribution >= 4 is 56.3 Å². The Morgan fingerprint density at radius 3 is 2.44 bits per heavy atom. The van der Waals surface area contributed by atoms with Crippen LogP contribution in [0.4, 0.5) is 0 Å². The number of hydrogen-bond acceptors (Lipinski definition) is 2. The van der Waals surface area contributed by atoms with Crippen LogP contribution in [-0.4, -0.2) is 5.78 Å². The summed E-state index contributed by atoms with van der Waals surface area (Å²) in [4.78, 5) is 12.7. The smallest absolute Gasteiger partial charge is 0.203 e. The van der Waals surface area contributed by atoms with Crippen LogP contribution < -0.4 is 0 Å². The van der Waals surface area contributed by atoms with Crippen molar-refractivity contribution in [1.82, 2.24) is 0 Å². The number of carbonyl (C=O) groups is 1. The highest BCUT2D eigenvalue weighted by Crippen LogP contribution is 2.27. The molecule has 0 unspecified atom stereocenters. The van der Waals surface area contributed by atoms with Crippen molar-refractivity contribution in [2.75, 3.05) is 0 Å². The Labute approximate surface area is 115 Å². The Balaban J connectivity index is 2.38. The molecule has 0 saturated heterocycles. The molecule has 0 aliphatic carbocycles. The van der Waals surface area contributed by atoms with E-state index in [4.69, 9.17) is 23.2 Å². The molecular weight excluding hydrogens is 331 g/mol. The maximum atomic E-state index is 12.0. The molecule has 0 amide bonds. The van der Waals surface area contributed by atoms with E-state index in [1.165, 1.54) is 11.3 Å². The van der Waals surface area contributed by atoms with Crippen LogP contribution >= 0.6 is 50.5 Å². The van der Waals surface area contributed by atoms with E-state index in [2.05, 4.69) is 15.9 Å². The molecule has 0 bridgehead atoms. The summed E-state index contributed by atoms with van der Waals surface area (Å²) in [6, 6.07) is 8.50. The summed E-state index contributed by atoms with van der Waals surface area (Å²) < 4.78 is 0.927. The number of ketones is 1. The van der Waals surface area contributed by atoms with E-state index in [1.54, 1.807) is 24.3 Å². The topological polar surface area (TPSA) is 17.1 Å². The summed E-state index contributed by atoms with van der Waals surface area (Å²) in [5, 5.41) is 0.841. The van der Waals surface area contributed by atoms with E-state index in [-0.39, 0.29) is 5.78 Å². The second-order valence-electron chi connectivity index (χ2n) is 3.06. The molecule has 0 fully saturated rings. The molecule has 1 aromatic heterocycles. The predicted molar refractivity (Wildman–Crippen MR) is 71.9 cm³/mol. The summed E-state index contributed by atoms with van der Waals surface area (Å²) in [5.74, 6) is -0.0470. The maximum Gasteiger partial charge on any atom is 0.203 e. The van der Waals surface area contributed by atoms with Crippen LogP contribution in [0.3, 0.4) is 0 Å². The first-order valence-corrected chi connectivity index (χ1v) is 6.69. The molecule has 1 heterocycles. The molecule has 0 radical (unpaired) electrons. The molecule has 2 rings (SSSR count). The zero-order chi connectivity index (χ0) is 11.7. The Morgan fingerprint density at radius 2 is 1.88 bits per heavy atom. The number of carbonyl (C=O) groups excluding carboxylic acids is 1. The molecule has 0 aliphatic heterocycles. The average molecular weight is 336 g/mol. The first-order valence-electron chi connectivity index (χ1n) is 4.33. The predicted octanol–water partition coefficient (Wildman–Crippen LogP) is 5.05. The van der Waals surface area contributed by atoms with E-state index in [9.17, 15) is 4.79 Å². The van der Waals surface area contributed by atoms with Gasteiger partial charge in [0.2, 0.25) is 5.78 Å². The quantitative estimate of drug-likeness (QED) is 0.702. The fourth-order valence-electron chi connectivity index (χ4n) is 1.22. The van der Waals surface area contributed by atoms with Crippen molar-refractivity contribution in [2.45, 2.75) is 0 Å². The third-order valence-corrected chi connectivity index (χ3v) is 4.34. The standard InChI is InChI=1S/C11H5BrCl2OS/c12-10-4-3-9(16-10)11(15)6-1-2-7(13)8(14)5-6/h1-5H. The number of rotatable bonds is 2. The average Bonchev–Trinajstić information content (AvgIpc) is 2.68. The lowest BCUT2D eigenvalue weighted by Crippen LogP contribution is -1.97. The third-order valence-electron chi connectivity index (χ3n) is 1.98. The monoisotopic (exact) mass is 334 g/mol. The van der Waals surface area contributed by atoms with Gasteiger partial charge in [-0.1, -0.05) is 23.2 Å². The van der Waals surface area contributed by atoms with Gasteiger partial charge in [-0.05, 0) is 46.3 Å². The zero-order valence-electron chi connectivity index (χ0n) is 7.84. The molecule has 1 nitrogen and oxygen atoms in total. The van der Waals surface area contributed by atoms with Gasteiger partial charge < -0.3 is 0 Å².